The molecule has 2 N–H and O–H groups in total. The lowest BCUT2D eigenvalue weighted by Crippen LogP contribution is -2.46. The Morgan fingerprint density at radius 2 is 2.07 bits per heavy atom. The van der Waals surface area contributed by atoms with E-state index < -0.39 is 22.7 Å². The molecule has 2 aromatic rings. The first-order valence-corrected chi connectivity index (χ1v) is 10.8. The molecule has 2 aliphatic rings. The predicted molar refractivity (Wildman–Crippen MR) is 113 cm³/mol. The van der Waals surface area contributed by atoms with E-state index in [1.54, 1.807) is 5.01 Å². The largest absolute Gasteiger partial charge is 0.356 e. The molecule has 0 amide bonds. The van der Waals surface area contributed by atoms with E-state index >= 15 is 0 Å². The first-order valence-electron chi connectivity index (χ1n) is 9.94. The first-order chi connectivity index (χ1) is 14.6. The lowest BCUT2D eigenvalue weighted by atomic mass is 9.98. The molecule has 3 atom stereocenters. The number of halogens is 2. The van der Waals surface area contributed by atoms with Crippen molar-refractivity contribution in [2.24, 2.45) is 16.8 Å². The summed E-state index contributed by atoms with van der Waals surface area (Å²) in [5, 5.41) is 6.83. The molecule has 0 bridgehead atoms. The Balaban J connectivity index is 1.85. The van der Waals surface area contributed by atoms with Crippen LogP contribution in [0.25, 0.3) is 0 Å². The Kier molecular flexibility index (Phi) is 6.17. The van der Waals surface area contributed by atoms with Crippen LogP contribution in [-0.2, 0) is 14.4 Å². The lowest BCUT2D eigenvalue weighted by molar-refractivity contribution is -0.120. The van der Waals surface area contributed by atoms with E-state index in [-0.39, 0.29) is 11.5 Å². The van der Waals surface area contributed by atoms with Crippen LogP contribution < -0.4 is 5.73 Å². The third-order valence-corrected chi connectivity index (χ3v) is 6.92. The van der Waals surface area contributed by atoms with Gasteiger partial charge in [-0.3, -0.25) is 0 Å². The summed E-state index contributed by atoms with van der Waals surface area (Å²) in [4.78, 5) is 10.9. The second-order valence-electron chi connectivity index (χ2n) is 7.37. The zero-order valence-electron chi connectivity index (χ0n) is 16.3. The van der Waals surface area contributed by atoms with E-state index in [9.17, 15) is 13.6 Å². The zero-order chi connectivity index (χ0) is 21.1. The minimum Gasteiger partial charge on any atom is -0.356 e. The third kappa shape index (κ3) is 3.75. The van der Waals surface area contributed by atoms with Crippen molar-refractivity contribution in [3.05, 3.63) is 71.3 Å². The van der Waals surface area contributed by atoms with Crippen LogP contribution in [0.1, 0.15) is 30.4 Å². The Hall–Kier alpha value is -2.29. The molecule has 0 spiro atoms. The van der Waals surface area contributed by atoms with Crippen molar-refractivity contribution >= 4 is 23.1 Å². The van der Waals surface area contributed by atoms with Crippen LogP contribution in [0.4, 0.5) is 8.78 Å². The van der Waals surface area contributed by atoms with Crippen molar-refractivity contribution in [2.75, 3.05) is 13.2 Å². The molecule has 1 saturated heterocycles. The minimum absolute atomic E-state index is 0.0937. The molecule has 2 aliphatic heterocycles. The van der Waals surface area contributed by atoms with Crippen molar-refractivity contribution in [1.82, 2.24) is 5.01 Å². The number of ether oxygens (including phenoxy) is 1. The van der Waals surface area contributed by atoms with Crippen LogP contribution in [0.15, 0.2) is 53.6 Å². The molecule has 2 heterocycles. The van der Waals surface area contributed by atoms with Gasteiger partial charge >= 0.3 is 0 Å². The van der Waals surface area contributed by atoms with Crippen LogP contribution in [0.3, 0.4) is 0 Å². The van der Waals surface area contributed by atoms with E-state index in [0.29, 0.717) is 37.5 Å². The molecule has 0 aromatic heterocycles. The zero-order valence-corrected chi connectivity index (χ0v) is 17.2. The summed E-state index contributed by atoms with van der Waals surface area (Å²) in [7, 11) is 0. The van der Waals surface area contributed by atoms with Gasteiger partial charge in [-0.15, -0.1) is 0 Å². The Labute approximate surface area is 178 Å². The molecular formula is C22H23F2N3O2S. The van der Waals surface area contributed by atoms with Gasteiger partial charge in [-0.05, 0) is 49.6 Å². The average Bonchev–Trinajstić information content (AvgIpc) is 3.39. The molecule has 0 aliphatic carbocycles. The van der Waals surface area contributed by atoms with Gasteiger partial charge < -0.3 is 15.3 Å². The number of hydrogen-bond donors (Lipinski definition) is 1. The maximum Gasteiger partial charge on any atom is 0.157 e. The van der Waals surface area contributed by atoms with Gasteiger partial charge in [-0.25, -0.2) is 13.8 Å². The highest BCUT2D eigenvalue weighted by Gasteiger charge is 2.51. The molecule has 2 aromatic carbocycles. The van der Waals surface area contributed by atoms with Crippen molar-refractivity contribution in [1.29, 1.82) is 0 Å². The van der Waals surface area contributed by atoms with Gasteiger partial charge in [0.1, 0.15) is 27.8 Å². The summed E-state index contributed by atoms with van der Waals surface area (Å²) < 4.78 is 34.4. The highest BCUT2D eigenvalue weighted by molar-refractivity contribution is 8.15. The van der Waals surface area contributed by atoms with E-state index in [2.05, 4.69) is 0 Å². The number of nitrogens with two attached hydrogens (primary N) is 1. The van der Waals surface area contributed by atoms with E-state index in [1.807, 2.05) is 30.3 Å². The van der Waals surface area contributed by atoms with Crippen molar-refractivity contribution in [3.63, 3.8) is 0 Å². The van der Waals surface area contributed by atoms with Crippen LogP contribution in [-0.4, -0.2) is 35.7 Å². The van der Waals surface area contributed by atoms with Gasteiger partial charge in [0.15, 0.2) is 6.23 Å². The first kappa shape index (κ1) is 21.0. The van der Waals surface area contributed by atoms with Crippen LogP contribution in [0, 0.1) is 17.6 Å². The second kappa shape index (κ2) is 8.83. The number of carbonyl (C=O) groups excluding carboxylic acids is 1. The third-order valence-electron chi connectivity index (χ3n) is 5.46. The van der Waals surface area contributed by atoms with Gasteiger partial charge in [0.25, 0.3) is 0 Å². The summed E-state index contributed by atoms with van der Waals surface area (Å²) in [6.07, 6.45) is 2.19. The number of carbonyl (C=O) groups is 1. The summed E-state index contributed by atoms with van der Waals surface area (Å²) in [6.45, 7) is 0.908. The Morgan fingerprint density at radius 1 is 1.27 bits per heavy atom. The fourth-order valence-corrected chi connectivity index (χ4v) is 5.41. The molecule has 0 radical (unpaired) electrons. The summed E-state index contributed by atoms with van der Waals surface area (Å²) in [6, 6.07) is 13.0. The number of hydrogen-bond acceptors (Lipinski definition) is 6. The molecule has 30 heavy (non-hydrogen) atoms. The van der Waals surface area contributed by atoms with E-state index in [1.165, 1.54) is 11.8 Å². The fraction of sp³-hybridized carbons (Fsp3) is 0.364. The predicted octanol–water partition coefficient (Wildman–Crippen LogP) is 3.83. The maximum absolute atomic E-state index is 14.6. The van der Waals surface area contributed by atoms with Crippen LogP contribution in [0.5, 0.6) is 0 Å². The quantitative estimate of drug-likeness (QED) is 0.675. The lowest BCUT2D eigenvalue weighted by Gasteiger charge is -2.41. The Bertz CT molecular complexity index is 943. The molecule has 4 rings (SSSR count). The smallest absolute Gasteiger partial charge is 0.157 e. The highest BCUT2D eigenvalue weighted by Crippen LogP contribution is 2.52. The fourth-order valence-electron chi connectivity index (χ4n) is 3.96. The normalized spacial score (nSPS) is 26.1. The monoisotopic (exact) mass is 431 g/mol. The number of benzene rings is 2. The van der Waals surface area contributed by atoms with Gasteiger partial charge in [-0.2, -0.15) is 5.10 Å². The van der Waals surface area contributed by atoms with Crippen molar-refractivity contribution in [3.8, 4) is 0 Å². The maximum atomic E-state index is 14.6. The van der Waals surface area contributed by atoms with Gasteiger partial charge in [-0.1, -0.05) is 42.1 Å². The number of hydrazone groups is 1. The molecule has 8 heteroatoms. The van der Waals surface area contributed by atoms with Gasteiger partial charge in [0.2, 0.25) is 0 Å². The van der Waals surface area contributed by atoms with Crippen molar-refractivity contribution < 1.29 is 18.3 Å². The van der Waals surface area contributed by atoms with E-state index in [0.717, 1.165) is 30.0 Å². The summed E-state index contributed by atoms with van der Waals surface area (Å²) in [5.74, 6) is -1.44. The minimum atomic E-state index is -0.745. The molecule has 3 unspecified atom stereocenters. The standard InChI is InChI=1S/C22H23F2N3O2S/c23-17-7-8-19(24)18(13-17)20-26-27(21-15(14-28)9-12-29-21)22(30-20,10-4-11-25)16-5-2-1-3-6-16/h1-3,5-8,13-15,21H,4,9-12,25H2. The highest BCUT2D eigenvalue weighted by atomic mass is 32.2. The van der Waals surface area contributed by atoms with Gasteiger partial charge in [0.05, 0.1) is 12.5 Å². The molecule has 1 fully saturated rings. The SMILES string of the molecule is NCCCC1(c2ccccc2)SC(c2cc(F)ccc2F)=NN1C1OCCC1C=O. The van der Waals surface area contributed by atoms with Gasteiger partial charge in [0, 0.05) is 5.56 Å². The molecule has 5 nitrogen and oxygen atoms in total. The molecule has 158 valence electrons. The number of aldehydes is 1. The molecular weight excluding hydrogens is 408 g/mol. The van der Waals surface area contributed by atoms with Crippen LogP contribution >= 0.6 is 11.8 Å². The van der Waals surface area contributed by atoms with Crippen molar-refractivity contribution in [2.45, 2.75) is 30.4 Å². The topological polar surface area (TPSA) is 67.9 Å². The second-order valence-corrected chi connectivity index (χ2v) is 8.63. The summed E-state index contributed by atoms with van der Waals surface area (Å²) in [5.41, 5.74) is 6.86. The molecule has 0 saturated carbocycles. The Morgan fingerprint density at radius 3 is 2.80 bits per heavy atom. The number of rotatable bonds is 7. The average molecular weight is 432 g/mol. The number of thioether (sulfide) groups is 1. The van der Waals surface area contributed by atoms with E-state index in [4.69, 9.17) is 15.6 Å². The number of nitrogens with zero attached hydrogens (tertiary/aromatic N) is 2. The van der Waals surface area contributed by atoms with Crippen LogP contribution in [0.2, 0.25) is 0 Å². The summed E-state index contributed by atoms with van der Waals surface area (Å²) >= 11 is 1.35.